The van der Waals surface area contributed by atoms with Gasteiger partial charge in [0.05, 0.1) is 5.75 Å². The van der Waals surface area contributed by atoms with Crippen LogP contribution in [0.25, 0.3) is 11.0 Å². The number of nitrogens with two attached hydrogens (primary N) is 2. The number of aryl methyl sites for hydroxylation is 1. The summed E-state index contributed by atoms with van der Waals surface area (Å²) in [6.07, 6.45) is 0.722. The fraction of sp³-hybridized carbons (Fsp3) is 0.471. The Morgan fingerprint density at radius 1 is 1.03 bits per heavy atom. The van der Waals surface area contributed by atoms with Crippen molar-refractivity contribution in [3.05, 3.63) is 32.5 Å². The van der Waals surface area contributed by atoms with Crippen molar-refractivity contribution < 1.29 is 0 Å². The number of nitrogen functional groups attached to an aromatic ring is 2. The van der Waals surface area contributed by atoms with Crippen LogP contribution in [0.4, 0.5) is 11.9 Å². The minimum atomic E-state index is -0.440. The normalized spacial score (nSPS) is 11.5. The van der Waals surface area contributed by atoms with E-state index in [0.717, 1.165) is 11.0 Å². The predicted octanol–water partition coefficient (Wildman–Crippen LogP) is 0.665. The zero-order valence-electron chi connectivity index (χ0n) is 16.7. The van der Waals surface area contributed by atoms with Crippen LogP contribution in [0.15, 0.2) is 14.6 Å². The molecule has 0 aromatic carbocycles. The van der Waals surface area contributed by atoms with Crippen molar-refractivity contribution in [3.63, 3.8) is 0 Å². The Morgan fingerprint density at radius 2 is 1.69 bits per heavy atom. The molecule has 0 bridgehead atoms. The number of hydrogen-bond donors (Lipinski definition) is 2. The molecule has 0 saturated carbocycles. The predicted molar refractivity (Wildman–Crippen MR) is 112 cm³/mol. The number of fused-ring (bicyclic) bond motifs is 1. The third kappa shape index (κ3) is 4.06. The van der Waals surface area contributed by atoms with E-state index in [4.69, 9.17) is 11.5 Å². The molecule has 0 unspecified atom stereocenters. The number of nitrogens with zero attached hydrogens (tertiary/aromatic N) is 7. The molecule has 0 aliphatic rings. The van der Waals surface area contributed by atoms with E-state index in [-0.39, 0.29) is 23.6 Å². The molecule has 29 heavy (non-hydrogen) atoms. The van der Waals surface area contributed by atoms with E-state index in [1.54, 1.807) is 0 Å². The van der Waals surface area contributed by atoms with Crippen molar-refractivity contribution >= 4 is 34.7 Å². The van der Waals surface area contributed by atoms with Crippen LogP contribution in [0, 0.1) is 0 Å². The Bertz CT molecular complexity index is 1170. The molecule has 3 aromatic rings. The van der Waals surface area contributed by atoms with Gasteiger partial charge in [0, 0.05) is 19.5 Å². The van der Waals surface area contributed by atoms with Crippen LogP contribution in [0.3, 0.4) is 0 Å². The van der Waals surface area contributed by atoms with Crippen LogP contribution >= 0.6 is 11.8 Å². The molecule has 0 aliphatic carbocycles. The SMILES string of the molecule is CCCn1c(=O)n(C)c(=O)c2c(SCc3nc(N)nc(N)n3)nc(C(C)C)nc21. The molecule has 4 N–H and O–H groups in total. The van der Waals surface area contributed by atoms with E-state index in [9.17, 15) is 9.59 Å². The van der Waals surface area contributed by atoms with Crippen molar-refractivity contribution in [1.29, 1.82) is 0 Å². The molecule has 0 aliphatic heterocycles. The van der Waals surface area contributed by atoms with E-state index in [0.29, 0.717) is 34.3 Å². The number of anilines is 2. The fourth-order valence-electron chi connectivity index (χ4n) is 2.80. The lowest BCUT2D eigenvalue weighted by atomic mass is 10.2. The maximum Gasteiger partial charge on any atom is 0.332 e. The van der Waals surface area contributed by atoms with Gasteiger partial charge in [-0.2, -0.15) is 15.0 Å². The first kappa shape index (κ1) is 20.7. The Kier molecular flexibility index (Phi) is 5.82. The number of thioether (sulfide) groups is 1. The van der Waals surface area contributed by atoms with E-state index in [1.807, 2.05) is 20.8 Å². The lowest BCUT2D eigenvalue weighted by Crippen LogP contribution is -2.39. The molecule has 3 heterocycles. The Hall–Kier alpha value is -3.02. The van der Waals surface area contributed by atoms with Gasteiger partial charge in [-0.3, -0.25) is 13.9 Å². The first-order valence-electron chi connectivity index (χ1n) is 9.13. The standard InChI is InChI=1S/C17H23N9O2S/c1-5-6-26-12-10(14(27)25(4)17(26)28)13(23-11(22-12)8(2)3)29-7-9-20-15(18)24-16(19)21-9/h8H,5-7H2,1-4H3,(H4,18,19,20,21,24). The van der Waals surface area contributed by atoms with Gasteiger partial charge in [0.25, 0.3) is 5.56 Å². The molecule has 3 rings (SSSR count). The second kappa shape index (κ2) is 8.15. The van der Waals surface area contributed by atoms with Gasteiger partial charge in [-0.25, -0.2) is 14.8 Å². The molecule has 3 aromatic heterocycles. The number of hydrogen-bond acceptors (Lipinski definition) is 10. The molecular weight excluding hydrogens is 394 g/mol. The Labute approximate surface area is 170 Å². The van der Waals surface area contributed by atoms with E-state index in [2.05, 4.69) is 24.9 Å². The monoisotopic (exact) mass is 417 g/mol. The average Bonchev–Trinajstić information content (AvgIpc) is 2.66. The number of rotatable bonds is 6. The van der Waals surface area contributed by atoms with Crippen molar-refractivity contribution in [1.82, 2.24) is 34.1 Å². The Morgan fingerprint density at radius 3 is 2.28 bits per heavy atom. The zero-order chi connectivity index (χ0) is 21.3. The fourth-order valence-corrected chi connectivity index (χ4v) is 3.67. The van der Waals surface area contributed by atoms with Crippen LogP contribution in [0.1, 0.15) is 44.8 Å². The summed E-state index contributed by atoms with van der Waals surface area (Å²) >= 11 is 1.26. The minimum Gasteiger partial charge on any atom is -0.368 e. The maximum absolute atomic E-state index is 12.9. The third-order valence-electron chi connectivity index (χ3n) is 4.18. The summed E-state index contributed by atoms with van der Waals surface area (Å²) < 4.78 is 2.60. The van der Waals surface area contributed by atoms with Crippen LogP contribution in [0.2, 0.25) is 0 Å². The smallest absolute Gasteiger partial charge is 0.332 e. The van der Waals surface area contributed by atoms with Gasteiger partial charge in [-0.05, 0) is 6.42 Å². The summed E-state index contributed by atoms with van der Waals surface area (Å²) in [5.41, 5.74) is 10.8. The highest BCUT2D eigenvalue weighted by atomic mass is 32.2. The highest BCUT2D eigenvalue weighted by Crippen LogP contribution is 2.27. The maximum atomic E-state index is 12.9. The Balaban J connectivity index is 2.21. The largest absolute Gasteiger partial charge is 0.368 e. The summed E-state index contributed by atoms with van der Waals surface area (Å²) in [6, 6.07) is 0. The second-order valence-corrected chi connectivity index (χ2v) is 7.76. The van der Waals surface area contributed by atoms with E-state index in [1.165, 1.54) is 23.4 Å². The molecule has 0 atom stereocenters. The molecule has 154 valence electrons. The summed E-state index contributed by atoms with van der Waals surface area (Å²) in [4.78, 5) is 46.5. The van der Waals surface area contributed by atoms with E-state index >= 15 is 0 Å². The second-order valence-electron chi connectivity index (χ2n) is 6.80. The average molecular weight is 417 g/mol. The van der Waals surface area contributed by atoms with Crippen molar-refractivity contribution in [2.24, 2.45) is 7.05 Å². The van der Waals surface area contributed by atoms with Crippen LogP contribution in [-0.4, -0.2) is 34.1 Å². The topological polar surface area (TPSA) is 160 Å². The van der Waals surface area contributed by atoms with Crippen LogP contribution < -0.4 is 22.7 Å². The molecule has 0 fully saturated rings. The molecule has 11 nitrogen and oxygen atoms in total. The molecule has 0 amide bonds. The summed E-state index contributed by atoms with van der Waals surface area (Å²) in [5, 5.41) is 0.756. The van der Waals surface area contributed by atoms with Gasteiger partial charge >= 0.3 is 5.69 Å². The minimum absolute atomic E-state index is 0.0106. The molecular formula is C17H23N9O2S. The molecule has 0 spiro atoms. The summed E-state index contributed by atoms with van der Waals surface area (Å²) in [5.74, 6) is 1.25. The lowest BCUT2D eigenvalue weighted by Gasteiger charge is -2.15. The van der Waals surface area contributed by atoms with Gasteiger partial charge in [0.1, 0.15) is 22.1 Å². The van der Waals surface area contributed by atoms with Crippen LogP contribution in [-0.2, 0) is 19.3 Å². The van der Waals surface area contributed by atoms with Crippen molar-refractivity contribution in [2.45, 2.75) is 50.4 Å². The van der Waals surface area contributed by atoms with Gasteiger partial charge < -0.3 is 11.5 Å². The first-order chi connectivity index (χ1) is 13.7. The zero-order valence-corrected chi connectivity index (χ0v) is 17.5. The lowest BCUT2D eigenvalue weighted by molar-refractivity contribution is 0.603. The molecule has 0 saturated heterocycles. The van der Waals surface area contributed by atoms with Gasteiger partial charge in [0.15, 0.2) is 5.65 Å². The summed E-state index contributed by atoms with van der Waals surface area (Å²) in [6.45, 7) is 6.31. The number of aromatic nitrogens is 7. The van der Waals surface area contributed by atoms with Crippen molar-refractivity contribution in [3.8, 4) is 0 Å². The quantitative estimate of drug-likeness (QED) is 0.430. The molecule has 0 radical (unpaired) electrons. The van der Waals surface area contributed by atoms with Gasteiger partial charge in [-0.1, -0.05) is 32.5 Å². The highest BCUT2D eigenvalue weighted by Gasteiger charge is 2.20. The van der Waals surface area contributed by atoms with Crippen LogP contribution in [0.5, 0.6) is 0 Å². The van der Waals surface area contributed by atoms with E-state index < -0.39 is 11.2 Å². The van der Waals surface area contributed by atoms with Gasteiger partial charge in [0.2, 0.25) is 11.9 Å². The van der Waals surface area contributed by atoms with Crippen molar-refractivity contribution in [2.75, 3.05) is 11.5 Å². The van der Waals surface area contributed by atoms with Gasteiger partial charge in [-0.15, -0.1) is 0 Å². The third-order valence-corrected chi connectivity index (χ3v) is 5.16. The highest BCUT2D eigenvalue weighted by molar-refractivity contribution is 7.98. The summed E-state index contributed by atoms with van der Waals surface area (Å²) in [7, 11) is 1.45. The first-order valence-corrected chi connectivity index (χ1v) is 10.1. The molecule has 12 heteroatoms.